The van der Waals surface area contributed by atoms with Gasteiger partial charge in [-0.3, -0.25) is 0 Å². The summed E-state index contributed by atoms with van der Waals surface area (Å²) in [7, 11) is 0. The lowest BCUT2D eigenvalue weighted by molar-refractivity contribution is -0.140. The van der Waals surface area contributed by atoms with Gasteiger partial charge in [-0.05, 0) is 79.0 Å². The fourth-order valence-electron chi connectivity index (χ4n) is 5.00. The predicted molar refractivity (Wildman–Crippen MR) is 149 cm³/mol. The first-order valence-electron chi connectivity index (χ1n) is 13.5. The highest BCUT2D eigenvalue weighted by molar-refractivity contribution is 5.87. The molecule has 4 nitrogen and oxygen atoms in total. The SMILES string of the molecule is C/C=C(\C)C(=O)OCc1cc(-c2ccc(-c3ccc(C4CCC(C)CC4)cc3)cc2F)ccc1OCCO. The first kappa shape index (κ1) is 27.6. The minimum absolute atomic E-state index is 0.0232. The van der Waals surface area contributed by atoms with Gasteiger partial charge in [-0.25, -0.2) is 9.18 Å². The maximum Gasteiger partial charge on any atom is 0.333 e. The Morgan fingerprint density at radius 3 is 2.32 bits per heavy atom. The average molecular weight is 517 g/mol. The number of carbonyl (C=O) groups excluding carboxylic acids is 1. The molecule has 0 aromatic heterocycles. The number of hydrogen-bond acceptors (Lipinski definition) is 4. The van der Waals surface area contributed by atoms with Crippen molar-refractivity contribution in [2.24, 2.45) is 5.92 Å². The Bertz CT molecular complexity index is 1270. The quantitative estimate of drug-likeness (QED) is 0.233. The van der Waals surface area contributed by atoms with E-state index in [1.807, 2.05) is 6.07 Å². The van der Waals surface area contributed by atoms with Crippen molar-refractivity contribution in [1.29, 1.82) is 0 Å². The highest BCUT2D eigenvalue weighted by Gasteiger charge is 2.20. The molecular weight excluding hydrogens is 479 g/mol. The second-order valence-electron chi connectivity index (χ2n) is 10.2. The van der Waals surface area contributed by atoms with Crippen molar-refractivity contribution in [2.75, 3.05) is 13.2 Å². The number of hydrogen-bond donors (Lipinski definition) is 1. The van der Waals surface area contributed by atoms with Crippen LogP contribution >= 0.6 is 0 Å². The Morgan fingerprint density at radius 2 is 1.66 bits per heavy atom. The lowest BCUT2D eigenvalue weighted by Gasteiger charge is -2.26. The number of benzene rings is 3. The summed E-state index contributed by atoms with van der Waals surface area (Å²) in [6, 6.07) is 19.1. The maximum absolute atomic E-state index is 15.4. The molecule has 4 rings (SSSR count). The molecule has 1 saturated carbocycles. The van der Waals surface area contributed by atoms with Crippen LogP contribution in [0.5, 0.6) is 5.75 Å². The van der Waals surface area contributed by atoms with Crippen LogP contribution in [-0.4, -0.2) is 24.3 Å². The smallest absolute Gasteiger partial charge is 0.333 e. The zero-order valence-corrected chi connectivity index (χ0v) is 22.5. The fourth-order valence-corrected chi connectivity index (χ4v) is 5.00. The molecule has 0 amide bonds. The van der Waals surface area contributed by atoms with Crippen LogP contribution in [0, 0.1) is 11.7 Å². The standard InChI is InChI=1S/C33H37FO4/c1-4-23(3)33(36)38-21-29-19-28(14-16-32(29)37-18-17-35)30-15-13-27(20-31(30)34)26-11-9-25(10-12-26)24-7-5-22(2)6-8-24/h4,9-16,19-20,22,24,35H,5-8,17-18,21H2,1-3H3/b23-4+. The molecular formula is C33H37FO4. The Hall–Kier alpha value is -3.44. The fraction of sp³-hybridized carbons (Fsp3) is 0.364. The molecule has 0 unspecified atom stereocenters. The first-order chi connectivity index (χ1) is 18.4. The summed E-state index contributed by atoms with van der Waals surface area (Å²) in [6.07, 6.45) is 6.73. The van der Waals surface area contributed by atoms with Crippen LogP contribution in [0.1, 0.15) is 63.5 Å². The normalized spacial score (nSPS) is 17.8. The summed E-state index contributed by atoms with van der Waals surface area (Å²) in [5, 5.41) is 9.15. The van der Waals surface area contributed by atoms with Gasteiger partial charge < -0.3 is 14.6 Å². The molecule has 0 atom stereocenters. The lowest BCUT2D eigenvalue weighted by Crippen LogP contribution is -2.10. The number of allylic oxidation sites excluding steroid dienone is 1. The third-order valence-electron chi connectivity index (χ3n) is 7.53. The highest BCUT2D eigenvalue weighted by atomic mass is 19.1. The van der Waals surface area contributed by atoms with E-state index in [-0.39, 0.29) is 25.6 Å². The van der Waals surface area contributed by atoms with Gasteiger partial charge in [-0.15, -0.1) is 0 Å². The number of carbonyl (C=O) groups is 1. The Morgan fingerprint density at radius 1 is 0.974 bits per heavy atom. The van der Waals surface area contributed by atoms with Crippen LogP contribution in [0.15, 0.2) is 72.3 Å². The van der Waals surface area contributed by atoms with E-state index < -0.39 is 5.97 Å². The van der Waals surface area contributed by atoms with E-state index in [9.17, 15) is 4.79 Å². The van der Waals surface area contributed by atoms with Gasteiger partial charge in [-0.2, -0.15) is 0 Å². The monoisotopic (exact) mass is 516 g/mol. The minimum atomic E-state index is -0.425. The van der Waals surface area contributed by atoms with E-state index >= 15 is 4.39 Å². The largest absolute Gasteiger partial charge is 0.491 e. The van der Waals surface area contributed by atoms with E-state index in [0.717, 1.165) is 17.0 Å². The van der Waals surface area contributed by atoms with Gasteiger partial charge >= 0.3 is 5.97 Å². The summed E-state index contributed by atoms with van der Waals surface area (Å²) in [6.45, 7) is 5.72. The van der Waals surface area contributed by atoms with Gasteiger partial charge in [-0.1, -0.05) is 68.3 Å². The Balaban J connectivity index is 1.54. The van der Waals surface area contributed by atoms with Crippen molar-refractivity contribution in [3.63, 3.8) is 0 Å². The topological polar surface area (TPSA) is 55.8 Å². The molecule has 0 heterocycles. The summed E-state index contributed by atoms with van der Waals surface area (Å²) >= 11 is 0. The number of rotatable bonds is 9. The van der Waals surface area contributed by atoms with Crippen LogP contribution in [0.2, 0.25) is 0 Å². The maximum atomic E-state index is 15.4. The number of esters is 1. The molecule has 1 aliphatic rings. The zero-order valence-electron chi connectivity index (χ0n) is 22.5. The highest BCUT2D eigenvalue weighted by Crippen LogP contribution is 2.37. The lowest BCUT2D eigenvalue weighted by atomic mass is 9.79. The van der Waals surface area contributed by atoms with Crippen molar-refractivity contribution < 1.29 is 23.8 Å². The first-order valence-corrected chi connectivity index (χ1v) is 13.5. The molecule has 0 aliphatic heterocycles. The van der Waals surface area contributed by atoms with Crippen molar-refractivity contribution >= 4 is 5.97 Å². The van der Waals surface area contributed by atoms with Gasteiger partial charge in [0.2, 0.25) is 0 Å². The number of aliphatic hydroxyl groups is 1. The average Bonchev–Trinajstić information content (AvgIpc) is 2.95. The second kappa shape index (κ2) is 12.9. The Kier molecular flexibility index (Phi) is 9.35. The van der Waals surface area contributed by atoms with Crippen molar-refractivity contribution in [1.82, 2.24) is 0 Å². The van der Waals surface area contributed by atoms with Crippen LogP contribution in [0.4, 0.5) is 4.39 Å². The third-order valence-corrected chi connectivity index (χ3v) is 7.53. The summed E-state index contributed by atoms with van der Waals surface area (Å²) in [5.74, 6) is 1.18. The van der Waals surface area contributed by atoms with Gasteiger partial charge in [0.05, 0.1) is 6.61 Å². The van der Waals surface area contributed by atoms with Crippen LogP contribution in [0.3, 0.4) is 0 Å². The predicted octanol–water partition coefficient (Wildman–Crippen LogP) is 7.83. The molecule has 0 saturated heterocycles. The molecule has 0 radical (unpaired) electrons. The van der Waals surface area contributed by atoms with E-state index in [1.54, 1.807) is 50.3 Å². The van der Waals surface area contributed by atoms with Crippen molar-refractivity contribution in [2.45, 2.75) is 59.0 Å². The second-order valence-corrected chi connectivity index (χ2v) is 10.2. The molecule has 3 aromatic rings. The molecule has 0 spiro atoms. The number of ether oxygens (including phenoxy) is 2. The van der Waals surface area contributed by atoms with Gasteiger partial charge in [0, 0.05) is 16.7 Å². The molecule has 1 aliphatic carbocycles. The van der Waals surface area contributed by atoms with Gasteiger partial charge in [0.25, 0.3) is 0 Å². The summed E-state index contributed by atoms with van der Waals surface area (Å²) in [4.78, 5) is 12.1. The molecule has 0 bridgehead atoms. The van der Waals surface area contributed by atoms with Crippen LogP contribution in [0.25, 0.3) is 22.3 Å². The number of halogens is 1. The third kappa shape index (κ3) is 6.70. The van der Waals surface area contributed by atoms with Crippen molar-refractivity contribution in [3.05, 3.63) is 89.3 Å². The molecule has 5 heteroatoms. The van der Waals surface area contributed by atoms with Crippen molar-refractivity contribution in [3.8, 4) is 28.0 Å². The molecule has 200 valence electrons. The van der Waals surface area contributed by atoms with Crippen LogP contribution < -0.4 is 4.74 Å². The van der Waals surface area contributed by atoms with Crippen LogP contribution in [-0.2, 0) is 16.1 Å². The minimum Gasteiger partial charge on any atom is -0.491 e. The molecule has 38 heavy (non-hydrogen) atoms. The van der Waals surface area contributed by atoms with E-state index in [4.69, 9.17) is 14.6 Å². The zero-order chi connectivity index (χ0) is 27.1. The van der Waals surface area contributed by atoms with Gasteiger partial charge in [0.15, 0.2) is 0 Å². The molecule has 1 fully saturated rings. The van der Waals surface area contributed by atoms with E-state index in [1.165, 1.54) is 31.2 Å². The summed E-state index contributed by atoms with van der Waals surface area (Å²) in [5.41, 5.74) is 5.40. The number of aliphatic hydroxyl groups excluding tert-OH is 1. The molecule has 3 aromatic carbocycles. The molecule has 1 N–H and O–H groups in total. The summed E-state index contributed by atoms with van der Waals surface area (Å²) < 4.78 is 26.4. The van der Waals surface area contributed by atoms with E-state index in [0.29, 0.717) is 33.9 Å². The Labute approximate surface area is 225 Å². The van der Waals surface area contributed by atoms with E-state index in [2.05, 4.69) is 31.2 Å². The van der Waals surface area contributed by atoms with Gasteiger partial charge in [0.1, 0.15) is 24.8 Å².